The van der Waals surface area contributed by atoms with Crippen LogP contribution in [0, 0.1) is 5.41 Å². The van der Waals surface area contributed by atoms with Gasteiger partial charge < -0.3 is 15.1 Å². The van der Waals surface area contributed by atoms with Crippen molar-refractivity contribution in [3.8, 4) is 0 Å². The van der Waals surface area contributed by atoms with Crippen molar-refractivity contribution in [3.05, 3.63) is 71.8 Å². The molecule has 3 unspecified atom stereocenters. The first-order valence-corrected chi connectivity index (χ1v) is 9.65. The van der Waals surface area contributed by atoms with E-state index < -0.39 is 23.7 Å². The molecule has 0 aromatic heterocycles. The van der Waals surface area contributed by atoms with Crippen LogP contribution >= 0.6 is 0 Å². The minimum atomic E-state index is -0.993. The Labute approximate surface area is 166 Å². The lowest BCUT2D eigenvalue weighted by molar-refractivity contribution is -0.0405. The van der Waals surface area contributed by atoms with Crippen LogP contribution in [0.4, 0.5) is 4.79 Å². The molecule has 1 aliphatic rings. The fraction of sp³-hybridized carbons (Fsp3) is 0.391. The Hall–Kier alpha value is -2.66. The molecule has 2 N–H and O–H groups in total. The van der Waals surface area contributed by atoms with Crippen molar-refractivity contribution in [2.24, 2.45) is 10.4 Å². The number of rotatable bonds is 3. The lowest BCUT2D eigenvalue weighted by atomic mass is 9.77. The minimum absolute atomic E-state index is 0.360. The smallest absolute Gasteiger partial charge is 0.407 e. The summed E-state index contributed by atoms with van der Waals surface area (Å²) in [5, 5.41) is 20.7. The number of aliphatic hydroxyl groups excluding tert-OH is 1. The molecule has 1 aliphatic heterocycles. The summed E-state index contributed by atoms with van der Waals surface area (Å²) in [7, 11) is 0. The quantitative estimate of drug-likeness (QED) is 0.789. The summed E-state index contributed by atoms with van der Waals surface area (Å²) in [6.45, 7) is 6.23. The molecule has 0 radical (unpaired) electrons. The molecule has 3 rings (SSSR count). The Morgan fingerprint density at radius 1 is 1.00 bits per heavy atom. The Morgan fingerprint density at radius 2 is 1.50 bits per heavy atom. The van der Waals surface area contributed by atoms with Gasteiger partial charge in [-0.25, -0.2) is 4.79 Å². The van der Waals surface area contributed by atoms with E-state index in [1.54, 1.807) is 0 Å². The lowest BCUT2D eigenvalue weighted by Gasteiger charge is -2.47. The second-order valence-corrected chi connectivity index (χ2v) is 8.34. The molecule has 0 aliphatic carbocycles. The van der Waals surface area contributed by atoms with Crippen LogP contribution < -0.4 is 0 Å². The minimum Gasteiger partial charge on any atom is -0.465 e. The summed E-state index contributed by atoms with van der Waals surface area (Å²) in [6, 6.07) is 18.9. The van der Waals surface area contributed by atoms with E-state index in [2.05, 4.69) is 0 Å². The second kappa shape index (κ2) is 8.15. The molecular formula is C23H28N2O3. The summed E-state index contributed by atoms with van der Waals surface area (Å²) in [5.74, 6) is 0. The number of aliphatic hydroxyl groups is 1. The Bertz CT molecular complexity index is 786. The van der Waals surface area contributed by atoms with Gasteiger partial charge in [0.15, 0.2) is 0 Å². The molecule has 0 saturated carbocycles. The molecule has 28 heavy (non-hydrogen) atoms. The van der Waals surface area contributed by atoms with Gasteiger partial charge in [-0.05, 0) is 11.8 Å². The lowest BCUT2D eigenvalue weighted by Crippen LogP contribution is -2.61. The molecule has 1 amide bonds. The van der Waals surface area contributed by atoms with Gasteiger partial charge in [-0.3, -0.25) is 4.99 Å². The molecule has 0 spiro atoms. The maximum Gasteiger partial charge on any atom is 0.407 e. The third kappa shape index (κ3) is 4.25. The van der Waals surface area contributed by atoms with Crippen molar-refractivity contribution in [2.75, 3.05) is 6.54 Å². The molecule has 5 heteroatoms. The summed E-state index contributed by atoms with van der Waals surface area (Å²) in [5.41, 5.74) is 2.38. The maximum absolute atomic E-state index is 11.7. The topological polar surface area (TPSA) is 73.1 Å². The zero-order valence-electron chi connectivity index (χ0n) is 16.6. The van der Waals surface area contributed by atoms with E-state index in [4.69, 9.17) is 4.99 Å². The molecule has 1 saturated heterocycles. The normalized spacial score (nSPS) is 22.6. The van der Waals surface area contributed by atoms with Gasteiger partial charge >= 0.3 is 6.09 Å². The molecule has 5 nitrogen and oxygen atoms in total. The number of nitrogens with zero attached hydrogens (tertiary/aromatic N) is 2. The van der Waals surface area contributed by atoms with Crippen LogP contribution in [0.15, 0.2) is 65.7 Å². The summed E-state index contributed by atoms with van der Waals surface area (Å²) in [6.07, 6.45) is -1.37. The number of piperidine rings is 1. The van der Waals surface area contributed by atoms with Gasteiger partial charge in [-0.1, -0.05) is 81.4 Å². The van der Waals surface area contributed by atoms with E-state index in [0.29, 0.717) is 13.0 Å². The molecule has 0 bridgehead atoms. The van der Waals surface area contributed by atoms with Crippen molar-refractivity contribution in [2.45, 2.75) is 45.4 Å². The zero-order chi connectivity index (χ0) is 20.3. The van der Waals surface area contributed by atoms with Crippen molar-refractivity contribution in [1.29, 1.82) is 0 Å². The summed E-state index contributed by atoms with van der Waals surface area (Å²) >= 11 is 0. The molecule has 1 heterocycles. The largest absolute Gasteiger partial charge is 0.465 e. The van der Waals surface area contributed by atoms with Gasteiger partial charge in [-0.2, -0.15) is 0 Å². The third-order valence-electron chi connectivity index (χ3n) is 5.24. The Kier molecular flexibility index (Phi) is 5.84. The fourth-order valence-electron chi connectivity index (χ4n) is 3.98. The highest BCUT2D eigenvalue weighted by molar-refractivity contribution is 6.13. The van der Waals surface area contributed by atoms with Crippen LogP contribution in [0.25, 0.3) is 0 Å². The number of carbonyl (C=O) groups is 1. The van der Waals surface area contributed by atoms with Crippen molar-refractivity contribution in [3.63, 3.8) is 0 Å². The maximum atomic E-state index is 11.7. The van der Waals surface area contributed by atoms with Crippen molar-refractivity contribution >= 4 is 11.8 Å². The third-order valence-corrected chi connectivity index (χ3v) is 5.24. The number of benzene rings is 2. The van der Waals surface area contributed by atoms with Crippen molar-refractivity contribution in [1.82, 2.24) is 4.90 Å². The van der Waals surface area contributed by atoms with Gasteiger partial charge in [0, 0.05) is 17.7 Å². The van der Waals surface area contributed by atoms with Gasteiger partial charge in [0.25, 0.3) is 0 Å². The SMILES string of the molecule is CC(C)(C)C1C(O)C(N=C(c2ccccc2)c2ccccc2)CCN1C(=O)O. The molecule has 2 aromatic carbocycles. The monoisotopic (exact) mass is 380 g/mol. The van der Waals surface area contributed by atoms with Crippen LogP contribution in [-0.2, 0) is 0 Å². The van der Waals surface area contributed by atoms with Gasteiger partial charge in [0.1, 0.15) is 0 Å². The molecule has 148 valence electrons. The molecular weight excluding hydrogens is 352 g/mol. The highest BCUT2D eigenvalue weighted by Crippen LogP contribution is 2.34. The van der Waals surface area contributed by atoms with Crippen LogP contribution in [0.5, 0.6) is 0 Å². The summed E-state index contributed by atoms with van der Waals surface area (Å²) < 4.78 is 0. The molecule has 2 aromatic rings. The Morgan fingerprint density at radius 3 is 1.93 bits per heavy atom. The number of hydrogen-bond donors (Lipinski definition) is 2. The zero-order valence-corrected chi connectivity index (χ0v) is 16.6. The van der Waals surface area contributed by atoms with Crippen LogP contribution in [-0.4, -0.2) is 51.7 Å². The Balaban J connectivity index is 2.02. The van der Waals surface area contributed by atoms with Crippen LogP contribution in [0.2, 0.25) is 0 Å². The van der Waals surface area contributed by atoms with Gasteiger partial charge in [0.05, 0.1) is 23.9 Å². The van der Waals surface area contributed by atoms with Crippen LogP contribution in [0.1, 0.15) is 38.3 Å². The van der Waals surface area contributed by atoms with Gasteiger partial charge in [-0.15, -0.1) is 0 Å². The average Bonchev–Trinajstić information content (AvgIpc) is 2.67. The average molecular weight is 380 g/mol. The summed E-state index contributed by atoms with van der Waals surface area (Å²) in [4.78, 5) is 18.0. The van der Waals surface area contributed by atoms with E-state index in [0.717, 1.165) is 16.8 Å². The van der Waals surface area contributed by atoms with Crippen LogP contribution in [0.3, 0.4) is 0 Å². The predicted molar refractivity (Wildman–Crippen MR) is 111 cm³/mol. The van der Waals surface area contributed by atoms with Gasteiger partial charge in [0.2, 0.25) is 0 Å². The highest BCUT2D eigenvalue weighted by Gasteiger charge is 2.45. The number of carboxylic acid groups (broad SMARTS) is 1. The highest BCUT2D eigenvalue weighted by atomic mass is 16.4. The first-order valence-electron chi connectivity index (χ1n) is 9.65. The number of hydrogen-bond acceptors (Lipinski definition) is 3. The molecule has 1 fully saturated rings. The van der Waals surface area contributed by atoms with E-state index in [9.17, 15) is 15.0 Å². The van der Waals surface area contributed by atoms with E-state index in [1.807, 2.05) is 81.4 Å². The number of amides is 1. The number of aliphatic imine (C=N–C) groups is 1. The molecule has 3 atom stereocenters. The van der Waals surface area contributed by atoms with E-state index in [1.165, 1.54) is 4.90 Å². The number of likely N-dealkylation sites (tertiary alicyclic amines) is 1. The first kappa shape index (κ1) is 20.1. The second-order valence-electron chi connectivity index (χ2n) is 8.34. The predicted octanol–water partition coefficient (Wildman–Crippen LogP) is 4.05. The van der Waals surface area contributed by atoms with Crippen molar-refractivity contribution < 1.29 is 15.0 Å². The van der Waals surface area contributed by atoms with E-state index >= 15 is 0 Å². The van der Waals surface area contributed by atoms with E-state index in [-0.39, 0.29) is 6.04 Å². The standard InChI is InChI=1S/C23H28N2O3/c1-23(2,3)21-20(26)18(14-15-25(21)22(27)28)24-19(16-10-6-4-7-11-16)17-12-8-5-9-13-17/h4-13,18,20-21,26H,14-15H2,1-3H3,(H,27,28). The fourth-order valence-corrected chi connectivity index (χ4v) is 3.98. The first-order chi connectivity index (χ1) is 13.3.